The van der Waals surface area contributed by atoms with E-state index in [1.165, 1.54) is 22.9 Å². The average Bonchev–Trinajstić information content (AvgIpc) is 3.03. The number of halogens is 3. The lowest BCUT2D eigenvalue weighted by molar-refractivity contribution is 0.0766. The Hall–Kier alpha value is -2.90. The fourth-order valence-corrected chi connectivity index (χ4v) is 4.13. The third-order valence-electron chi connectivity index (χ3n) is 5.50. The number of aryl methyl sites for hydroxylation is 1. The van der Waals surface area contributed by atoms with E-state index in [0.717, 1.165) is 5.56 Å². The maximum absolute atomic E-state index is 13.5. The molecule has 0 bridgehead atoms. The summed E-state index contributed by atoms with van der Waals surface area (Å²) in [5.41, 5.74) is 1.82. The highest BCUT2D eigenvalue weighted by atomic mass is 35.5. The summed E-state index contributed by atoms with van der Waals surface area (Å²) in [5.74, 6) is -0.664. The van der Waals surface area contributed by atoms with Gasteiger partial charge in [0.15, 0.2) is 0 Å². The summed E-state index contributed by atoms with van der Waals surface area (Å²) in [6.45, 7) is 3.90. The molecule has 166 valence electrons. The molecule has 0 radical (unpaired) electrons. The van der Waals surface area contributed by atoms with Crippen LogP contribution in [-0.2, 0) is 0 Å². The van der Waals surface area contributed by atoms with Crippen LogP contribution in [0.15, 0.2) is 53.5 Å². The van der Waals surface area contributed by atoms with Crippen molar-refractivity contribution < 1.29 is 9.18 Å². The van der Waals surface area contributed by atoms with E-state index < -0.39 is 11.4 Å². The van der Waals surface area contributed by atoms with Gasteiger partial charge in [-0.05, 0) is 49.2 Å². The summed E-state index contributed by atoms with van der Waals surface area (Å²) >= 11 is 12.6. The van der Waals surface area contributed by atoms with Gasteiger partial charge in [0.25, 0.3) is 11.5 Å². The number of nitrogens with zero attached hydrogens (tertiary/aromatic N) is 4. The highest BCUT2D eigenvalue weighted by Gasteiger charge is 2.23. The zero-order valence-corrected chi connectivity index (χ0v) is 18.9. The van der Waals surface area contributed by atoms with Crippen LogP contribution in [0.1, 0.15) is 22.3 Å². The van der Waals surface area contributed by atoms with Crippen LogP contribution in [0.2, 0.25) is 10.0 Å². The van der Waals surface area contributed by atoms with Crippen LogP contribution in [0.4, 0.5) is 10.1 Å². The Morgan fingerprint density at radius 2 is 1.88 bits per heavy atom. The molecule has 32 heavy (non-hydrogen) atoms. The molecular weight excluding hydrogens is 454 g/mol. The third-order valence-corrected chi connectivity index (χ3v) is 6.26. The van der Waals surface area contributed by atoms with Gasteiger partial charge in [0.2, 0.25) is 0 Å². The van der Waals surface area contributed by atoms with Crippen LogP contribution in [0.5, 0.6) is 0 Å². The predicted octanol–water partition coefficient (Wildman–Crippen LogP) is 4.34. The van der Waals surface area contributed by atoms with Crippen LogP contribution >= 0.6 is 23.2 Å². The quantitative estimate of drug-likeness (QED) is 0.566. The van der Waals surface area contributed by atoms with Gasteiger partial charge in [-0.25, -0.2) is 4.39 Å². The lowest BCUT2D eigenvalue weighted by Crippen LogP contribution is -2.36. The molecule has 0 saturated carbocycles. The van der Waals surface area contributed by atoms with Gasteiger partial charge >= 0.3 is 0 Å². The van der Waals surface area contributed by atoms with Crippen LogP contribution in [-0.4, -0.2) is 46.8 Å². The molecule has 1 amide bonds. The number of carbonyl (C=O) groups is 1. The molecule has 9 heteroatoms. The van der Waals surface area contributed by atoms with E-state index >= 15 is 0 Å². The first-order valence-electron chi connectivity index (χ1n) is 10.2. The standard InChI is InChI=1S/C23H21Cl2FN4O2/c1-15-6-7-18(13-19(15)24)30-23(32)21(25)20(14-27-30)28-8-3-9-29(11-10-28)22(31)16-4-2-5-17(26)12-16/h2,4-7,12-14H,3,8-11H2,1H3. The Morgan fingerprint density at radius 1 is 1.06 bits per heavy atom. The average molecular weight is 475 g/mol. The Kier molecular flexibility index (Phi) is 6.48. The van der Waals surface area contributed by atoms with Crippen molar-refractivity contribution in [2.45, 2.75) is 13.3 Å². The first-order chi connectivity index (χ1) is 15.3. The van der Waals surface area contributed by atoms with Crippen LogP contribution in [0.3, 0.4) is 0 Å². The van der Waals surface area contributed by atoms with Crippen molar-refractivity contribution in [2.75, 3.05) is 31.1 Å². The summed E-state index contributed by atoms with van der Waals surface area (Å²) in [4.78, 5) is 29.3. The van der Waals surface area contributed by atoms with E-state index in [1.807, 2.05) is 17.9 Å². The van der Waals surface area contributed by atoms with Gasteiger partial charge < -0.3 is 9.80 Å². The van der Waals surface area contributed by atoms with Gasteiger partial charge in [-0.15, -0.1) is 0 Å². The largest absolute Gasteiger partial charge is 0.367 e. The van der Waals surface area contributed by atoms with Crippen molar-refractivity contribution in [3.63, 3.8) is 0 Å². The highest BCUT2D eigenvalue weighted by molar-refractivity contribution is 6.33. The number of hydrogen-bond donors (Lipinski definition) is 0. The zero-order chi connectivity index (χ0) is 22.8. The first-order valence-corrected chi connectivity index (χ1v) is 10.9. The summed E-state index contributed by atoms with van der Waals surface area (Å²) in [6, 6.07) is 10.9. The van der Waals surface area contributed by atoms with Gasteiger partial charge in [-0.2, -0.15) is 9.78 Å². The Morgan fingerprint density at radius 3 is 2.62 bits per heavy atom. The smallest absolute Gasteiger partial charge is 0.292 e. The lowest BCUT2D eigenvalue weighted by atomic mass is 10.2. The maximum atomic E-state index is 13.5. The molecule has 2 aromatic carbocycles. The van der Waals surface area contributed by atoms with Crippen molar-refractivity contribution in [1.29, 1.82) is 0 Å². The van der Waals surface area contributed by atoms with E-state index in [0.29, 0.717) is 54.6 Å². The second kappa shape index (κ2) is 9.30. The monoisotopic (exact) mass is 474 g/mol. The number of anilines is 1. The van der Waals surface area contributed by atoms with E-state index in [-0.39, 0.29) is 10.9 Å². The predicted molar refractivity (Wildman–Crippen MR) is 124 cm³/mol. The summed E-state index contributed by atoms with van der Waals surface area (Å²) < 4.78 is 14.7. The summed E-state index contributed by atoms with van der Waals surface area (Å²) in [7, 11) is 0. The van der Waals surface area contributed by atoms with Crippen molar-refractivity contribution in [2.24, 2.45) is 0 Å². The number of hydrogen-bond acceptors (Lipinski definition) is 4. The second-order valence-corrected chi connectivity index (χ2v) is 8.42. The normalized spacial score (nSPS) is 14.4. The van der Waals surface area contributed by atoms with Crippen molar-refractivity contribution in [1.82, 2.24) is 14.7 Å². The molecule has 1 fully saturated rings. The zero-order valence-electron chi connectivity index (χ0n) is 17.4. The molecular formula is C23H21Cl2FN4O2. The van der Waals surface area contributed by atoms with Gasteiger partial charge in [0.05, 0.1) is 17.6 Å². The van der Waals surface area contributed by atoms with Crippen molar-refractivity contribution in [3.05, 3.63) is 86.0 Å². The van der Waals surface area contributed by atoms with E-state index in [9.17, 15) is 14.0 Å². The molecule has 0 N–H and O–H groups in total. The molecule has 1 aliphatic heterocycles. The number of carbonyl (C=O) groups excluding carboxylic acids is 1. The second-order valence-electron chi connectivity index (χ2n) is 7.64. The van der Waals surface area contributed by atoms with Gasteiger partial charge in [0.1, 0.15) is 10.8 Å². The molecule has 6 nitrogen and oxygen atoms in total. The Labute approximate surface area is 194 Å². The van der Waals surface area contributed by atoms with Crippen LogP contribution in [0, 0.1) is 12.7 Å². The number of rotatable bonds is 3. The maximum Gasteiger partial charge on any atom is 0.292 e. The number of benzene rings is 2. The summed E-state index contributed by atoms with van der Waals surface area (Å²) in [6.07, 6.45) is 2.23. The molecule has 0 spiro atoms. The topological polar surface area (TPSA) is 58.4 Å². The third kappa shape index (κ3) is 4.49. The highest BCUT2D eigenvalue weighted by Crippen LogP contribution is 2.24. The molecule has 0 aliphatic carbocycles. The van der Waals surface area contributed by atoms with Crippen LogP contribution in [0.25, 0.3) is 5.69 Å². The fraction of sp³-hybridized carbons (Fsp3) is 0.261. The van der Waals surface area contributed by atoms with Crippen molar-refractivity contribution >= 4 is 34.8 Å². The molecule has 1 aliphatic rings. The first kappa shape index (κ1) is 22.3. The molecule has 0 atom stereocenters. The fourth-order valence-electron chi connectivity index (χ4n) is 3.71. The minimum absolute atomic E-state index is 0.0570. The van der Waals surface area contributed by atoms with Gasteiger partial charge in [-0.3, -0.25) is 9.59 Å². The summed E-state index contributed by atoms with van der Waals surface area (Å²) in [5, 5.41) is 4.89. The van der Waals surface area contributed by atoms with E-state index in [4.69, 9.17) is 23.2 Å². The number of amides is 1. The molecule has 3 aromatic rings. The van der Waals surface area contributed by atoms with Crippen LogP contribution < -0.4 is 10.5 Å². The van der Waals surface area contributed by atoms with E-state index in [1.54, 1.807) is 29.3 Å². The van der Waals surface area contributed by atoms with Gasteiger partial charge in [-0.1, -0.05) is 35.3 Å². The van der Waals surface area contributed by atoms with Gasteiger partial charge in [0, 0.05) is 36.8 Å². The molecule has 2 heterocycles. The molecule has 4 rings (SSSR count). The molecule has 1 aromatic heterocycles. The molecule has 0 unspecified atom stereocenters. The Bertz CT molecular complexity index is 1230. The minimum Gasteiger partial charge on any atom is -0.367 e. The minimum atomic E-state index is -0.444. The molecule has 1 saturated heterocycles. The Balaban J connectivity index is 1.54. The lowest BCUT2D eigenvalue weighted by Gasteiger charge is -2.24. The SMILES string of the molecule is Cc1ccc(-n2ncc(N3CCCN(C(=O)c4cccc(F)c4)CC3)c(Cl)c2=O)cc1Cl. The van der Waals surface area contributed by atoms with E-state index in [2.05, 4.69) is 5.10 Å². The number of aromatic nitrogens is 2. The van der Waals surface area contributed by atoms with Crippen molar-refractivity contribution in [3.8, 4) is 5.69 Å².